The van der Waals surface area contributed by atoms with E-state index >= 15 is 0 Å². The Bertz CT molecular complexity index is 467. The van der Waals surface area contributed by atoms with Gasteiger partial charge in [-0.15, -0.1) is 6.58 Å². The smallest absolute Gasteiger partial charge is 0.260 e. The molecule has 0 spiro atoms. The number of sulfonamides is 1. The second-order valence-electron chi connectivity index (χ2n) is 3.48. The first-order valence-electron chi connectivity index (χ1n) is 5.14. The van der Waals surface area contributed by atoms with E-state index in [-0.39, 0.29) is 18.1 Å². The maximum Gasteiger partial charge on any atom is 0.260 e. The van der Waals surface area contributed by atoms with E-state index in [9.17, 15) is 8.42 Å². The Kier molecular flexibility index (Phi) is 4.86. The Morgan fingerprint density at radius 1 is 1.65 bits per heavy atom. The van der Waals surface area contributed by atoms with Crippen molar-refractivity contribution in [2.24, 2.45) is 0 Å². The number of ether oxygens (including phenoxy) is 1. The summed E-state index contributed by atoms with van der Waals surface area (Å²) in [5.41, 5.74) is 0. The van der Waals surface area contributed by atoms with Crippen LogP contribution in [0.3, 0.4) is 0 Å². The van der Waals surface area contributed by atoms with E-state index in [4.69, 9.17) is 4.74 Å². The Morgan fingerprint density at radius 3 is 2.82 bits per heavy atom. The van der Waals surface area contributed by atoms with Gasteiger partial charge in [0.2, 0.25) is 0 Å². The van der Waals surface area contributed by atoms with E-state index in [1.54, 1.807) is 6.92 Å². The molecule has 6 nitrogen and oxygen atoms in total. The topological polar surface area (TPSA) is 75.3 Å². The van der Waals surface area contributed by atoms with Gasteiger partial charge in [0.05, 0.1) is 12.8 Å². The molecule has 0 unspecified atom stereocenters. The minimum absolute atomic E-state index is 0.0907. The van der Waals surface area contributed by atoms with Crippen molar-refractivity contribution in [3.63, 3.8) is 0 Å². The summed E-state index contributed by atoms with van der Waals surface area (Å²) in [5.74, 6) is 0.564. The van der Waals surface area contributed by atoms with Crippen molar-refractivity contribution in [1.29, 1.82) is 0 Å². The standard InChI is InChI=1S/C10H17N3O3S/c1-4-5-13(6-7-16-3)17(14,15)10-8-11-9(2)12-10/h4,8H,1,5-7H2,2-3H3,(H,11,12). The van der Waals surface area contributed by atoms with Gasteiger partial charge in [-0.05, 0) is 6.92 Å². The number of hydrogen-bond donors (Lipinski definition) is 1. The van der Waals surface area contributed by atoms with Gasteiger partial charge >= 0.3 is 0 Å². The summed E-state index contributed by atoms with van der Waals surface area (Å²) in [4.78, 5) is 6.60. The molecule has 0 bridgehead atoms. The van der Waals surface area contributed by atoms with Gasteiger partial charge in [-0.1, -0.05) is 6.08 Å². The molecule has 0 aliphatic carbocycles. The normalized spacial score (nSPS) is 11.9. The van der Waals surface area contributed by atoms with Crippen molar-refractivity contribution < 1.29 is 13.2 Å². The lowest BCUT2D eigenvalue weighted by Crippen LogP contribution is -2.34. The van der Waals surface area contributed by atoms with Gasteiger partial charge in [-0.3, -0.25) is 0 Å². The van der Waals surface area contributed by atoms with Crippen LogP contribution in [-0.2, 0) is 14.8 Å². The van der Waals surface area contributed by atoms with Gasteiger partial charge in [0.15, 0.2) is 5.03 Å². The second-order valence-corrected chi connectivity index (χ2v) is 5.38. The molecule has 0 fully saturated rings. The van der Waals surface area contributed by atoms with E-state index in [0.717, 1.165) is 0 Å². The van der Waals surface area contributed by atoms with Crippen LogP contribution in [0.15, 0.2) is 23.9 Å². The lowest BCUT2D eigenvalue weighted by atomic mass is 10.6. The second kappa shape index (κ2) is 5.95. The largest absolute Gasteiger partial charge is 0.383 e. The summed E-state index contributed by atoms with van der Waals surface area (Å²) in [6.07, 6.45) is 2.85. The number of H-pyrrole nitrogens is 1. The third-order valence-electron chi connectivity index (χ3n) is 2.17. The van der Waals surface area contributed by atoms with Crippen LogP contribution < -0.4 is 0 Å². The molecule has 1 heterocycles. The minimum Gasteiger partial charge on any atom is -0.383 e. The van der Waals surface area contributed by atoms with Crippen LogP contribution >= 0.6 is 0 Å². The van der Waals surface area contributed by atoms with Crippen LogP contribution in [0.5, 0.6) is 0 Å². The molecule has 0 aliphatic rings. The monoisotopic (exact) mass is 259 g/mol. The summed E-state index contributed by atoms with van der Waals surface area (Å²) in [7, 11) is -2.02. The van der Waals surface area contributed by atoms with E-state index in [0.29, 0.717) is 12.4 Å². The summed E-state index contributed by atoms with van der Waals surface area (Å²) in [5, 5.41) is 0.0907. The number of aromatic nitrogens is 2. The Balaban J connectivity index is 2.95. The Labute approximate surface area is 101 Å². The molecule has 0 aliphatic heterocycles. The highest BCUT2D eigenvalue weighted by Gasteiger charge is 2.24. The van der Waals surface area contributed by atoms with Crippen LogP contribution in [0.2, 0.25) is 0 Å². The zero-order valence-corrected chi connectivity index (χ0v) is 10.8. The molecule has 1 aromatic heterocycles. The molecule has 0 saturated heterocycles. The SMILES string of the molecule is C=CCN(CCOC)S(=O)(=O)c1cnc(C)[nH]1. The fourth-order valence-corrected chi connectivity index (χ4v) is 2.67. The molecule has 1 N–H and O–H groups in total. The highest BCUT2D eigenvalue weighted by atomic mass is 32.2. The quantitative estimate of drug-likeness (QED) is 0.725. The first-order valence-corrected chi connectivity index (χ1v) is 6.58. The molecule has 1 aromatic rings. The third-order valence-corrected chi connectivity index (χ3v) is 3.95. The fourth-order valence-electron chi connectivity index (χ4n) is 1.32. The maximum absolute atomic E-state index is 12.2. The van der Waals surface area contributed by atoms with Crippen LogP contribution in [0.4, 0.5) is 0 Å². The number of aromatic amines is 1. The molecule has 0 radical (unpaired) electrons. The lowest BCUT2D eigenvalue weighted by Gasteiger charge is -2.18. The van der Waals surface area contributed by atoms with E-state index in [2.05, 4.69) is 16.5 Å². The van der Waals surface area contributed by atoms with E-state index in [1.807, 2.05) is 0 Å². The predicted octanol–water partition coefficient (Wildman–Crippen LogP) is 0.541. The summed E-state index contributed by atoms with van der Waals surface area (Å²) >= 11 is 0. The number of nitrogens with one attached hydrogen (secondary N) is 1. The number of imidazole rings is 1. The molecule has 17 heavy (non-hydrogen) atoms. The first-order chi connectivity index (χ1) is 8.02. The van der Waals surface area contributed by atoms with Gasteiger partial charge in [-0.25, -0.2) is 13.4 Å². The number of rotatable bonds is 7. The van der Waals surface area contributed by atoms with Crippen molar-refractivity contribution in [1.82, 2.24) is 14.3 Å². The molecule has 0 atom stereocenters. The van der Waals surface area contributed by atoms with Gasteiger partial charge in [0, 0.05) is 20.2 Å². The van der Waals surface area contributed by atoms with Crippen molar-refractivity contribution >= 4 is 10.0 Å². The third kappa shape index (κ3) is 3.39. The van der Waals surface area contributed by atoms with Crippen LogP contribution in [-0.4, -0.2) is 49.5 Å². The van der Waals surface area contributed by atoms with Crippen molar-refractivity contribution in [2.45, 2.75) is 11.9 Å². The number of methoxy groups -OCH3 is 1. The van der Waals surface area contributed by atoms with Crippen molar-refractivity contribution in [3.05, 3.63) is 24.7 Å². The highest BCUT2D eigenvalue weighted by molar-refractivity contribution is 7.89. The summed E-state index contributed by atoms with van der Waals surface area (Å²) < 4.78 is 30.6. The van der Waals surface area contributed by atoms with E-state index < -0.39 is 10.0 Å². The average Bonchev–Trinajstić information content (AvgIpc) is 2.71. The van der Waals surface area contributed by atoms with Crippen molar-refractivity contribution in [3.8, 4) is 0 Å². The highest BCUT2D eigenvalue weighted by Crippen LogP contribution is 2.12. The Morgan fingerprint density at radius 2 is 2.35 bits per heavy atom. The molecule has 7 heteroatoms. The lowest BCUT2D eigenvalue weighted by molar-refractivity contribution is 0.182. The number of hydrogen-bond acceptors (Lipinski definition) is 4. The van der Waals surface area contributed by atoms with Crippen LogP contribution in [0.1, 0.15) is 5.82 Å². The molecule has 1 rings (SSSR count). The van der Waals surface area contributed by atoms with Gasteiger partial charge in [-0.2, -0.15) is 4.31 Å². The van der Waals surface area contributed by atoms with Crippen molar-refractivity contribution in [2.75, 3.05) is 26.8 Å². The number of nitrogens with zero attached hydrogens (tertiary/aromatic N) is 2. The fraction of sp³-hybridized carbons (Fsp3) is 0.500. The van der Waals surface area contributed by atoms with E-state index in [1.165, 1.54) is 23.7 Å². The molecule has 0 amide bonds. The van der Waals surface area contributed by atoms with Gasteiger partial charge in [0.25, 0.3) is 10.0 Å². The molecular formula is C10H17N3O3S. The van der Waals surface area contributed by atoms with Gasteiger partial charge in [0.1, 0.15) is 5.82 Å². The zero-order chi connectivity index (χ0) is 12.9. The average molecular weight is 259 g/mol. The number of aryl methyl sites for hydroxylation is 1. The summed E-state index contributed by atoms with van der Waals surface area (Å²) in [6, 6.07) is 0. The summed E-state index contributed by atoms with van der Waals surface area (Å²) in [6.45, 7) is 6.10. The minimum atomic E-state index is -3.55. The molecular weight excluding hydrogens is 242 g/mol. The maximum atomic E-state index is 12.2. The first kappa shape index (κ1) is 13.9. The molecule has 0 saturated carbocycles. The molecule has 0 aromatic carbocycles. The Hall–Kier alpha value is -1.18. The van der Waals surface area contributed by atoms with Crippen LogP contribution in [0, 0.1) is 6.92 Å². The predicted molar refractivity (Wildman–Crippen MR) is 64.2 cm³/mol. The zero-order valence-electron chi connectivity index (χ0n) is 10.0. The van der Waals surface area contributed by atoms with Crippen LogP contribution in [0.25, 0.3) is 0 Å². The molecule has 96 valence electrons. The van der Waals surface area contributed by atoms with Gasteiger partial charge < -0.3 is 9.72 Å².